The number of carbonyl (C=O) groups excluding carboxylic acids is 1. The number of aromatic nitrogens is 2. The SMILES string of the molecule is N#Cc1cnn(-c2ccccc2)c1NC(=O)CN1CCN(S(=O)(=O)c2ccccc2[N+](=O)[O-])CC1. The minimum Gasteiger partial charge on any atom is -0.308 e. The summed E-state index contributed by atoms with van der Waals surface area (Å²) < 4.78 is 28.6. The molecule has 13 heteroatoms. The van der Waals surface area contributed by atoms with E-state index in [2.05, 4.69) is 10.4 Å². The van der Waals surface area contributed by atoms with Crippen molar-refractivity contribution in [1.29, 1.82) is 5.26 Å². The Kier molecular flexibility index (Phi) is 6.87. The van der Waals surface area contributed by atoms with Gasteiger partial charge in [-0.15, -0.1) is 0 Å². The van der Waals surface area contributed by atoms with Crippen LogP contribution in [0, 0.1) is 21.4 Å². The van der Waals surface area contributed by atoms with Crippen molar-refractivity contribution >= 4 is 27.4 Å². The van der Waals surface area contributed by atoms with Crippen LogP contribution in [0.1, 0.15) is 5.56 Å². The van der Waals surface area contributed by atoms with Crippen LogP contribution in [0.3, 0.4) is 0 Å². The van der Waals surface area contributed by atoms with Crippen LogP contribution in [-0.4, -0.2) is 71.0 Å². The molecule has 0 unspecified atom stereocenters. The first kappa shape index (κ1) is 24.0. The Labute approximate surface area is 201 Å². The Morgan fingerprint density at radius 1 is 1.09 bits per heavy atom. The number of nitrogens with one attached hydrogen (secondary N) is 1. The summed E-state index contributed by atoms with van der Waals surface area (Å²) in [5.41, 5.74) is 0.415. The molecule has 12 nitrogen and oxygen atoms in total. The summed E-state index contributed by atoms with van der Waals surface area (Å²) in [4.78, 5) is 24.7. The Bertz CT molecular complexity index is 1390. The number of benzene rings is 2. The molecule has 1 aliphatic rings. The van der Waals surface area contributed by atoms with Gasteiger partial charge in [0.25, 0.3) is 5.69 Å². The van der Waals surface area contributed by atoms with E-state index in [4.69, 9.17) is 0 Å². The first-order valence-electron chi connectivity index (χ1n) is 10.6. The van der Waals surface area contributed by atoms with Gasteiger partial charge in [-0.05, 0) is 18.2 Å². The molecule has 1 aliphatic heterocycles. The molecule has 180 valence electrons. The number of rotatable bonds is 7. The Balaban J connectivity index is 1.41. The third kappa shape index (κ3) is 5.04. The van der Waals surface area contributed by atoms with Gasteiger partial charge in [0.1, 0.15) is 11.6 Å². The van der Waals surface area contributed by atoms with Gasteiger partial charge in [-0.25, -0.2) is 13.1 Å². The van der Waals surface area contributed by atoms with Crippen LogP contribution in [0.15, 0.2) is 65.7 Å². The van der Waals surface area contributed by atoms with Crippen LogP contribution < -0.4 is 5.32 Å². The molecule has 2 heterocycles. The molecule has 0 atom stereocenters. The van der Waals surface area contributed by atoms with Gasteiger partial charge in [0.2, 0.25) is 15.9 Å². The summed E-state index contributed by atoms with van der Waals surface area (Å²) in [6, 6.07) is 16.3. The van der Waals surface area contributed by atoms with Gasteiger partial charge in [-0.1, -0.05) is 30.3 Å². The first-order chi connectivity index (χ1) is 16.8. The standard InChI is InChI=1S/C22H21N7O5S/c23-14-17-15-24-28(18-6-2-1-3-7-18)22(17)25-21(30)16-26-10-12-27(13-11-26)35(33,34)20-9-5-4-8-19(20)29(31)32/h1-9,15H,10-13,16H2,(H,25,30). The highest BCUT2D eigenvalue weighted by molar-refractivity contribution is 7.89. The highest BCUT2D eigenvalue weighted by Crippen LogP contribution is 2.27. The summed E-state index contributed by atoms with van der Waals surface area (Å²) in [5.74, 6) is -0.129. The second kappa shape index (κ2) is 10.0. The van der Waals surface area contributed by atoms with Gasteiger partial charge in [-0.3, -0.25) is 19.8 Å². The predicted octanol–water partition coefficient (Wildman–Crippen LogP) is 1.60. The average Bonchev–Trinajstić information content (AvgIpc) is 3.27. The number of piperazine rings is 1. The summed E-state index contributed by atoms with van der Waals surface area (Å²) >= 11 is 0. The van der Waals surface area contributed by atoms with Crippen LogP contribution in [0.4, 0.5) is 11.5 Å². The van der Waals surface area contributed by atoms with Crippen molar-refractivity contribution in [3.8, 4) is 11.8 Å². The smallest absolute Gasteiger partial charge is 0.289 e. The molecule has 1 N–H and O–H groups in total. The molecular weight excluding hydrogens is 474 g/mol. The number of para-hydroxylation sites is 2. The zero-order chi connectivity index (χ0) is 25.0. The molecule has 0 saturated carbocycles. The lowest BCUT2D eigenvalue weighted by atomic mass is 10.3. The molecule has 2 aromatic carbocycles. The number of nitro benzene ring substituents is 1. The minimum atomic E-state index is -4.06. The third-order valence-corrected chi connectivity index (χ3v) is 7.47. The lowest BCUT2D eigenvalue weighted by molar-refractivity contribution is -0.387. The second-order valence-electron chi connectivity index (χ2n) is 7.72. The van der Waals surface area contributed by atoms with Crippen molar-refractivity contribution in [2.75, 3.05) is 38.0 Å². The number of sulfonamides is 1. The fourth-order valence-electron chi connectivity index (χ4n) is 3.78. The molecule has 1 fully saturated rings. The molecule has 1 aromatic heterocycles. The Morgan fingerprint density at radius 3 is 2.40 bits per heavy atom. The number of nitrogens with zero attached hydrogens (tertiary/aromatic N) is 6. The first-order valence-corrected chi connectivity index (χ1v) is 12.0. The number of hydrogen-bond acceptors (Lipinski definition) is 8. The van der Waals surface area contributed by atoms with E-state index < -0.39 is 20.6 Å². The van der Waals surface area contributed by atoms with Crippen LogP contribution in [0.2, 0.25) is 0 Å². The quantitative estimate of drug-likeness (QED) is 0.383. The summed E-state index contributed by atoms with van der Waals surface area (Å²) in [7, 11) is -4.06. The van der Waals surface area contributed by atoms with Crippen molar-refractivity contribution in [1.82, 2.24) is 19.0 Å². The molecule has 0 aliphatic carbocycles. The average molecular weight is 496 g/mol. The van der Waals surface area contributed by atoms with Gasteiger partial charge in [0.15, 0.2) is 10.7 Å². The number of amides is 1. The van der Waals surface area contributed by atoms with Crippen molar-refractivity contribution < 1.29 is 18.1 Å². The van der Waals surface area contributed by atoms with Gasteiger partial charge in [0.05, 0.1) is 23.4 Å². The molecular formula is C22H21N7O5S. The zero-order valence-corrected chi connectivity index (χ0v) is 19.3. The maximum absolute atomic E-state index is 13.0. The van der Waals surface area contributed by atoms with Crippen LogP contribution in [-0.2, 0) is 14.8 Å². The number of carbonyl (C=O) groups is 1. The monoisotopic (exact) mass is 495 g/mol. The minimum absolute atomic E-state index is 0.0236. The molecule has 0 radical (unpaired) electrons. The van der Waals surface area contributed by atoms with Crippen molar-refractivity contribution in [3.63, 3.8) is 0 Å². The molecule has 3 aromatic rings. The van der Waals surface area contributed by atoms with Gasteiger partial charge >= 0.3 is 0 Å². The van der Waals surface area contributed by atoms with E-state index in [1.54, 1.807) is 17.0 Å². The van der Waals surface area contributed by atoms with Gasteiger partial charge < -0.3 is 5.32 Å². The molecule has 0 spiro atoms. The highest BCUT2D eigenvalue weighted by atomic mass is 32.2. The van der Waals surface area contributed by atoms with Crippen LogP contribution in [0.25, 0.3) is 5.69 Å². The molecule has 1 amide bonds. The van der Waals surface area contributed by atoms with E-state index >= 15 is 0 Å². The number of anilines is 1. The van der Waals surface area contributed by atoms with Crippen molar-refractivity contribution in [3.05, 3.63) is 76.5 Å². The summed E-state index contributed by atoms with van der Waals surface area (Å²) in [5, 5.41) is 27.6. The van der Waals surface area contributed by atoms with Crippen LogP contribution in [0.5, 0.6) is 0 Å². The predicted molar refractivity (Wildman–Crippen MR) is 125 cm³/mol. The van der Waals surface area contributed by atoms with Gasteiger partial charge in [-0.2, -0.15) is 14.7 Å². The second-order valence-corrected chi connectivity index (χ2v) is 9.63. The maximum Gasteiger partial charge on any atom is 0.289 e. The topological polar surface area (TPSA) is 154 Å². The van der Waals surface area contributed by atoms with Gasteiger partial charge in [0, 0.05) is 32.2 Å². The van der Waals surface area contributed by atoms with E-state index in [0.29, 0.717) is 5.69 Å². The fraction of sp³-hybridized carbons (Fsp3) is 0.227. The van der Waals surface area contributed by atoms with E-state index in [-0.39, 0.29) is 54.9 Å². The molecule has 35 heavy (non-hydrogen) atoms. The fourth-order valence-corrected chi connectivity index (χ4v) is 5.36. The summed E-state index contributed by atoms with van der Waals surface area (Å²) in [6.07, 6.45) is 1.37. The Morgan fingerprint density at radius 2 is 1.74 bits per heavy atom. The number of nitro groups is 1. The third-order valence-electron chi connectivity index (χ3n) is 5.53. The highest BCUT2D eigenvalue weighted by Gasteiger charge is 2.33. The summed E-state index contributed by atoms with van der Waals surface area (Å²) in [6.45, 7) is 0.650. The molecule has 0 bridgehead atoms. The lowest BCUT2D eigenvalue weighted by Gasteiger charge is -2.33. The number of nitriles is 1. The van der Waals surface area contributed by atoms with Crippen molar-refractivity contribution in [2.45, 2.75) is 4.90 Å². The molecule has 4 rings (SSSR count). The number of hydrogen-bond donors (Lipinski definition) is 1. The van der Waals surface area contributed by atoms with E-state index in [9.17, 15) is 28.6 Å². The van der Waals surface area contributed by atoms with E-state index in [0.717, 1.165) is 6.07 Å². The lowest BCUT2D eigenvalue weighted by Crippen LogP contribution is -2.50. The maximum atomic E-state index is 13.0. The normalized spacial score (nSPS) is 14.8. The van der Waals surface area contributed by atoms with Crippen molar-refractivity contribution in [2.24, 2.45) is 0 Å². The van der Waals surface area contributed by atoms with E-state index in [1.165, 1.54) is 33.4 Å². The Hall–Kier alpha value is -4.12. The zero-order valence-electron chi connectivity index (χ0n) is 18.4. The molecule has 1 saturated heterocycles. The largest absolute Gasteiger partial charge is 0.308 e. The van der Waals surface area contributed by atoms with Crippen LogP contribution >= 0.6 is 0 Å². The van der Waals surface area contributed by atoms with E-state index in [1.807, 2.05) is 24.3 Å².